The van der Waals surface area contributed by atoms with Crippen LogP contribution in [0.5, 0.6) is 0 Å². The number of amides is 1. The molecule has 8 heteroatoms. The van der Waals surface area contributed by atoms with Gasteiger partial charge in [-0.25, -0.2) is 9.37 Å². The van der Waals surface area contributed by atoms with E-state index in [1.54, 1.807) is 29.0 Å². The molecule has 0 bridgehead atoms. The van der Waals surface area contributed by atoms with Crippen LogP contribution in [0, 0.1) is 12.8 Å². The van der Waals surface area contributed by atoms with Crippen LogP contribution in [-0.4, -0.2) is 49.8 Å². The summed E-state index contributed by atoms with van der Waals surface area (Å²) in [5.41, 5.74) is 2.40. The number of hydrogen-bond donors (Lipinski definition) is 1. The van der Waals surface area contributed by atoms with Gasteiger partial charge in [-0.3, -0.25) is 19.1 Å². The fourth-order valence-corrected chi connectivity index (χ4v) is 4.49. The van der Waals surface area contributed by atoms with Gasteiger partial charge in [0, 0.05) is 11.8 Å². The number of pyridine rings is 1. The van der Waals surface area contributed by atoms with Crippen molar-refractivity contribution in [1.82, 2.24) is 19.4 Å². The van der Waals surface area contributed by atoms with Crippen molar-refractivity contribution >= 4 is 16.8 Å². The molecule has 2 aromatic carbocycles. The fraction of sp³-hybridized carbons (Fsp3) is 0.310. The standard InChI is InChI=1S/C29H31FN4O3/c1-19(2)26(33(17-23(30)18-35)28(36)22-11-9-20(3)10-12-22)27-32-25-15-31-14-13-24(25)29(37)34(27)16-21-7-5-4-6-8-21/h4-15,19,23,26,35H,16-18H2,1-3H3. The van der Waals surface area contributed by atoms with E-state index in [1.807, 2.05) is 63.2 Å². The van der Waals surface area contributed by atoms with Crippen LogP contribution < -0.4 is 5.56 Å². The summed E-state index contributed by atoms with van der Waals surface area (Å²) in [6, 6.07) is 17.4. The van der Waals surface area contributed by atoms with E-state index in [4.69, 9.17) is 4.98 Å². The minimum absolute atomic E-state index is 0.231. The van der Waals surface area contributed by atoms with E-state index in [9.17, 15) is 19.1 Å². The molecule has 37 heavy (non-hydrogen) atoms. The van der Waals surface area contributed by atoms with E-state index >= 15 is 0 Å². The number of fused-ring (bicyclic) bond motifs is 1. The highest BCUT2D eigenvalue weighted by Crippen LogP contribution is 2.30. The first-order valence-corrected chi connectivity index (χ1v) is 12.3. The minimum atomic E-state index is -1.66. The molecule has 0 saturated carbocycles. The van der Waals surface area contributed by atoms with Crippen molar-refractivity contribution in [3.8, 4) is 0 Å². The molecule has 2 atom stereocenters. The maximum atomic E-state index is 14.7. The van der Waals surface area contributed by atoms with Crippen LogP contribution in [0.3, 0.4) is 0 Å². The Morgan fingerprint density at radius 3 is 2.43 bits per heavy atom. The summed E-state index contributed by atoms with van der Waals surface area (Å²) in [6.45, 7) is 4.88. The zero-order valence-electron chi connectivity index (χ0n) is 21.2. The van der Waals surface area contributed by atoms with Gasteiger partial charge in [-0.1, -0.05) is 61.9 Å². The maximum absolute atomic E-state index is 14.7. The van der Waals surface area contributed by atoms with Gasteiger partial charge in [0.05, 0.1) is 42.8 Å². The van der Waals surface area contributed by atoms with E-state index in [1.165, 1.54) is 11.1 Å². The lowest BCUT2D eigenvalue weighted by Crippen LogP contribution is -2.44. The van der Waals surface area contributed by atoms with E-state index in [0.29, 0.717) is 22.3 Å². The van der Waals surface area contributed by atoms with Gasteiger partial charge in [0.2, 0.25) is 0 Å². The first-order chi connectivity index (χ1) is 17.8. The quantitative estimate of drug-likeness (QED) is 0.368. The van der Waals surface area contributed by atoms with E-state index in [-0.39, 0.29) is 24.6 Å². The molecule has 4 rings (SSSR count). The molecule has 7 nitrogen and oxygen atoms in total. The summed E-state index contributed by atoms with van der Waals surface area (Å²) < 4.78 is 16.3. The molecule has 0 fully saturated rings. The Morgan fingerprint density at radius 1 is 1.08 bits per heavy atom. The second-order valence-corrected chi connectivity index (χ2v) is 9.53. The molecule has 0 saturated heterocycles. The number of rotatable bonds is 9. The van der Waals surface area contributed by atoms with E-state index < -0.39 is 24.7 Å². The number of aromatic nitrogens is 3. The minimum Gasteiger partial charge on any atom is -0.393 e. The normalized spacial score (nSPS) is 13.0. The van der Waals surface area contributed by atoms with Gasteiger partial charge in [-0.05, 0) is 36.6 Å². The number of nitrogens with zero attached hydrogens (tertiary/aromatic N) is 4. The highest BCUT2D eigenvalue weighted by molar-refractivity contribution is 5.94. The molecule has 0 spiro atoms. The highest BCUT2D eigenvalue weighted by Gasteiger charge is 2.34. The van der Waals surface area contributed by atoms with Crippen LogP contribution in [0.1, 0.15) is 47.2 Å². The molecule has 1 N–H and O–H groups in total. The zero-order valence-corrected chi connectivity index (χ0v) is 21.2. The molecule has 0 aliphatic carbocycles. The van der Waals surface area contributed by atoms with Crippen molar-refractivity contribution in [3.63, 3.8) is 0 Å². The Morgan fingerprint density at radius 2 is 1.78 bits per heavy atom. The summed E-state index contributed by atoms with van der Waals surface area (Å²) >= 11 is 0. The molecule has 2 aromatic heterocycles. The topological polar surface area (TPSA) is 88.3 Å². The molecule has 4 aromatic rings. The number of carbonyl (C=O) groups excluding carboxylic acids is 1. The van der Waals surface area contributed by atoms with Crippen molar-refractivity contribution < 1.29 is 14.3 Å². The number of aryl methyl sites for hydroxylation is 1. The smallest absolute Gasteiger partial charge is 0.261 e. The van der Waals surface area contributed by atoms with Crippen LogP contribution in [0.2, 0.25) is 0 Å². The molecule has 2 heterocycles. The van der Waals surface area contributed by atoms with Gasteiger partial charge < -0.3 is 10.0 Å². The third-order valence-corrected chi connectivity index (χ3v) is 6.35. The van der Waals surface area contributed by atoms with E-state index in [0.717, 1.165) is 11.1 Å². The van der Waals surface area contributed by atoms with Crippen molar-refractivity contribution in [2.24, 2.45) is 5.92 Å². The van der Waals surface area contributed by atoms with Gasteiger partial charge in [-0.15, -0.1) is 0 Å². The molecule has 2 unspecified atom stereocenters. The monoisotopic (exact) mass is 502 g/mol. The van der Waals surface area contributed by atoms with Gasteiger partial charge in [0.15, 0.2) is 0 Å². The Labute approximate surface area is 215 Å². The number of halogens is 1. The Bertz CT molecular complexity index is 1420. The summed E-state index contributed by atoms with van der Waals surface area (Å²) in [7, 11) is 0. The second kappa shape index (κ2) is 11.4. The average Bonchev–Trinajstić information content (AvgIpc) is 2.90. The third kappa shape index (κ3) is 5.75. The molecule has 1 amide bonds. The SMILES string of the molecule is Cc1ccc(C(=O)N(CC(F)CO)C(c2nc3cnccc3c(=O)n2Cc2ccccc2)C(C)C)cc1. The average molecular weight is 503 g/mol. The van der Waals surface area contributed by atoms with Gasteiger partial charge in [0.25, 0.3) is 11.5 Å². The van der Waals surface area contributed by atoms with Crippen molar-refractivity contribution in [2.75, 3.05) is 13.2 Å². The van der Waals surface area contributed by atoms with Crippen molar-refractivity contribution in [2.45, 2.75) is 39.5 Å². The van der Waals surface area contributed by atoms with Crippen LogP contribution >= 0.6 is 0 Å². The summed E-state index contributed by atoms with van der Waals surface area (Å²) in [5.74, 6) is -0.292. The highest BCUT2D eigenvalue weighted by atomic mass is 19.1. The number of alkyl halides is 1. The maximum Gasteiger partial charge on any atom is 0.261 e. The lowest BCUT2D eigenvalue weighted by Gasteiger charge is -2.36. The number of aliphatic hydroxyl groups excluding tert-OH is 1. The lowest BCUT2D eigenvalue weighted by molar-refractivity contribution is 0.0469. The van der Waals surface area contributed by atoms with Crippen LogP contribution in [0.15, 0.2) is 77.9 Å². The fourth-order valence-electron chi connectivity index (χ4n) is 4.49. The van der Waals surface area contributed by atoms with E-state index in [2.05, 4.69) is 4.98 Å². The molecule has 0 aliphatic rings. The molecule has 0 aliphatic heterocycles. The Kier molecular flexibility index (Phi) is 8.08. The summed E-state index contributed by atoms with van der Waals surface area (Å²) in [5, 5.41) is 9.92. The molecular formula is C29H31FN4O3. The summed E-state index contributed by atoms with van der Waals surface area (Å²) in [6.07, 6.45) is 1.40. The molecular weight excluding hydrogens is 471 g/mol. The predicted molar refractivity (Wildman–Crippen MR) is 141 cm³/mol. The zero-order chi connectivity index (χ0) is 26.5. The van der Waals surface area contributed by atoms with Crippen molar-refractivity contribution in [3.05, 3.63) is 106 Å². The van der Waals surface area contributed by atoms with Crippen molar-refractivity contribution in [1.29, 1.82) is 0 Å². The molecule has 0 radical (unpaired) electrons. The number of benzene rings is 2. The Balaban J connectivity index is 1.92. The summed E-state index contributed by atoms with van der Waals surface area (Å²) in [4.78, 5) is 37.9. The van der Waals surface area contributed by atoms with Gasteiger partial charge >= 0.3 is 0 Å². The number of aliphatic hydroxyl groups is 1. The Hall–Kier alpha value is -3.91. The van der Waals surface area contributed by atoms with Gasteiger partial charge in [-0.2, -0.15) is 0 Å². The van der Waals surface area contributed by atoms with Crippen LogP contribution in [-0.2, 0) is 6.54 Å². The van der Waals surface area contributed by atoms with Crippen LogP contribution in [0.25, 0.3) is 10.9 Å². The first kappa shape index (κ1) is 26.2. The molecule has 192 valence electrons. The predicted octanol–water partition coefficient (Wildman–Crippen LogP) is 4.32. The third-order valence-electron chi connectivity index (χ3n) is 6.35. The number of carbonyl (C=O) groups is 1. The first-order valence-electron chi connectivity index (χ1n) is 12.3. The largest absolute Gasteiger partial charge is 0.393 e. The number of hydrogen-bond acceptors (Lipinski definition) is 5. The second-order valence-electron chi connectivity index (χ2n) is 9.53. The van der Waals surface area contributed by atoms with Crippen LogP contribution in [0.4, 0.5) is 4.39 Å². The lowest BCUT2D eigenvalue weighted by atomic mass is 9.98. The van der Waals surface area contributed by atoms with Gasteiger partial charge in [0.1, 0.15) is 12.0 Å².